The van der Waals surface area contributed by atoms with E-state index in [0.29, 0.717) is 0 Å². The fraction of sp³-hybridized carbons (Fsp3) is 0. The Morgan fingerprint density at radius 2 is 2.13 bits per heavy atom. The molecule has 0 radical (unpaired) electrons. The zero-order chi connectivity index (χ0) is 10.3. The van der Waals surface area contributed by atoms with Crippen LogP contribution in [-0.2, 0) is 0 Å². The number of hydrogen-bond acceptors (Lipinski definition) is 4. The molecule has 3 nitrogen and oxygen atoms in total. The molecule has 0 saturated heterocycles. The third kappa shape index (κ3) is 1.30. The van der Waals surface area contributed by atoms with Gasteiger partial charge < -0.3 is 10.2 Å². The number of nitrogens with zero attached hydrogens (tertiary/aromatic N) is 1. The van der Waals surface area contributed by atoms with E-state index >= 15 is 0 Å². The minimum atomic E-state index is 0.766. The first-order chi connectivity index (χ1) is 7.34. The van der Waals surface area contributed by atoms with E-state index in [0.717, 1.165) is 26.7 Å². The summed E-state index contributed by atoms with van der Waals surface area (Å²) in [6, 6.07) is 9.49. The van der Waals surface area contributed by atoms with Gasteiger partial charge in [-0.3, -0.25) is 0 Å². The molecule has 0 spiro atoms. The zero-order valence-corrected chi connectivity index (χ0v) is 8.62. The van der Waals surface area contributed by atoms with E-state index in [2.05, 4.69) is 4.98 Å². The van der Waals surface area contributed by atoms with Crippen LogP contribution in [0.3, 0.4) is 0 Å². The van der Waals surface area contributed by atoms with E-state index in [4.69, 9.17) is 10.2 Å². The van der Waals surface area contributed by atoms with Gasteiger partial charge in [-0.1, -0.05) is 6.07 Å². The average Bonchev–Trinajstić information content (AvgIpc) is 2.86. The second-order valence-corrected chi connectivity index (χ2v) is 4.19. The molecule has 0 amide bonds. The third-order valence-electron chi connectivity index (χ3n) is 2.18. The monoisotopic (exact) mass is 216 g/mol. The van der Waals surface area contributed by atoms with Gasteiger partial charge in [-0.25, -0.2) is 4.98 Å². The Bertz CT molecular complexity index is 598. The second-order valence-electron chi connectivity index (χ2n) is 3.19. The summed E-state index contributed by atoms with van der Waals surface area (Å²) >= 11 is 1.55. The molecule has 3 rings (SSSR count). The Hall–Kier alpha value is -1.81. The van der Waals surface area contributed by atoms with E-state index in [1.54, 1.807) is 17.6 Å². The average molecular weight is 216 g/mol. The molecular formula is C11H8N2OS. The van der Waals surface area contributed by atoms with E-state index in [1.165, 1.54) is 0 Å². The van der Waals surface area contributed by atoms with Gasteiger partial charge in [-0.2, -0.15) is 0 Å². The molecule has 0 saturated carbocycles. The Morgan fingerprint density at radius 3 is 2.87 bits per heavy atom. The molecule has 2 heterocycles. The maximum Gasteiger partial charge on any atom is 0.162 e. The Morgan fingerprint density at radius 1 is 1.20 bits per heavy atom. The van der Waals surface area contributed by atoms with Crippen molar-refractivity contribution in [3.8, 4) is 10.8 Å². The summed E-state index contributed by atoms with van der Waals surface area (Å²) in [5, 5.41) is 0.868. The standard InChI is InChI=1S/C11H8N2OS/c12-7-3-1-4-8-10(7)15-11(13-8)9-5-2-6-14-9/h1-6H,12H2. The number of benzene rings is 1. The molecule has 0 bridgehead atoms. The molecule has 0 aliphatic heterocycles. The number of thiazole rings is 1. The normalized spacial score (nSPS) is 10.9. The molecule has 15 heavy (non-hydrogen) atoms. The number of rotatable bonds is 1. The van der Waals surface area contributed by atoms with Crippen LogP contribution in [0.5, 0.6) is 0 Å². The molecule has 2 aromatic heterocycles. The second kappa shape index (κ2) is 3.10. The number of furan rings is 1. The summed E-state index contributed by atoms with van der Waals surface area (Å²) in [6.07, 6.45) is 1.64. The van der Waals surface area contributed by atoms with Gasteiger partial charge in [0, 0.05) is 0 Å². The Labute approximate surface area is 90.2 Å². The van der Waals surface area contributed by atoms with Crippen molar-refractivity contribution >= 4 is 27.2 Å². The van der Waals surface area contributed by atoms with Crippen LogP contribution in [0.4, 0.5) is 5.69 Å². The van der Waals surface area contributed by atoms with Crippen LogP contribution in [-0.4, -0.2) is 4.98 Å². The number of aromatic nitrogens is 1. The molecule has 0 fully saturated rings. The lowest BCUT2D eigenvalue weighted by atomic mass is 10.3. The third-order valence-corrected chi connectivity index (χ3v) is 3.31. The maximum atomic E-state index is 5.86. The van der Waals surface area contributed by atoms with Gasteiger partial charge in [-0.15, -0.1) is 11.3 Å². The first kappa shape index (κ1) is 8.49. The van der Waals surface area contributed by atoms with Crippen LogP contribution in [0.25, 0.3) is 21.0 Å². The highest BCUT2D eigenvalue weighted by atomic mass is 32.1. The number of fused-ring (bicyclic) bond motifs is 1. The molecule has 4 heteroatoms. The van der Waals surface area contributed by atoms with Gasteiger partial charge in [0.05, 0.1) is 22.2 Å². The lowest BCUT2D eigenvalue weighted by Gasteiger charge is -1.90. The van der Waals surface area contributed by atoms with Gasteiger partial charge >= 0.3 is 0 Å². The molecular weight excluding hydrogens is 208 g/mol. The van der Waals surface area contributed by atoms with Crippen LogP contribution in [0.15, 0.2) is 41.0 Å². The quantitative estimate of drug-likeness (QED) is 0.636. The van der Waals surface area contributed by atoms with Crippen molar-refractivity contribution in [1.29, 1.82) is 0 Å². The molecule has 0 unspecified atom stereocenters. The lowest BCUT2D eigenvalue weighted by molar-refractivity contribution is 0.582. The highest BCUT2D eigenvalue weighted by Crippen LogP contribution is 2.33. The maximum absolute atomic E-state index is 5.86. The summed E-state index contributed by atoms with van der Waals surface area (Å²) in [7, 11) is 0. The SMILES string of the molecule is Nc1cccc2nc(-c3ccco3)sc12. The first-order valence-corrected chi connectivity index (χ1v) is 5.35. The summed E-state index contributed by atoms with van der Waals surface area (Å²) < 4.78 is 6.31. The van der Waals surface area contributed by atoms with E-state index < -0.39 is 0 Å². The topological polar surface area (TPSA) is 52.0 Å². The molecule has 2 N–H and O–H groups in total. The van der Waals surface area contributed by atoms with Crippen LogP contribution in [0, 0.1) is 0 Å². The van der Waals surface area contributed by atoms with Crippen molar-refractivity contribution in [2.24, 2.45) is 0 Å². The van der Waals surface area contributed by atoms with Crippen LogP contribution in [0.2, 0.25) is 0 Å². The molecule has 74 valence electrons. The van der Waals surface area contributed by atoms with Crippen molar-refractivity contribution in [3.05, 3.63) is 36.6 Å². The Kier molecular flexibility index (Phi) is 1.76. The van der Waals surface area contributed by atoms with Gasteiger partial charge in [-0.05, 0) is 24.3 Å². The molecule has 0 atom stereocenters. The predicted octanol–water partition coefficient (Wildman–Crippen LogP) is 3.14. The number of hydrogen-bond donors (Lipinski definition) is 1. The van der Waals surface area contributed by atoms with Gasteiger partial charge in [0.1, 0.15) is 0 Å². The van der Waals surface area contributed by atoms with Crippen LogP contribution >= 0.6 is 11.3 Å². The molecule has 0 aliphatic carbocycles. The minimum absolute atomic E-state index is 0.766. The fourth-order valence-corrected chi connectivity index (χ4v) is 2.43. The molecule has 1 aromatic carbocycles. The van der Waals surface area contributed by atoms with Gasteiger partial charge in [0.2, 0.25) is 0 Å². The number of nitrogen functional groups attached to an aromatic ring is 1. The van der Waals surface area contributed by atoms with Gasteiger partial charge in [0.25, 0.3) is 0 Å². The Balaban J connectivity index is 2.27. The fourth-order valence-electron chi connectivity index (χ4n) is 1.48. The first-order valence-electron chi connectivity index (χ1n) is 4.53. The summed E-state index contributed by atoms with van der Waals surface area (Å²) in [5.41, 5.74) is 7.55. The highest BCUT2D eigenvalue weighted by Gasteiger charge is 2.09. The van der Waals surface area contributed by atoms with Crippen molar-refractivity contribution in [3.63, 3.8) is 0 Å². The van der Waals surface area contributed by atoms with Gasteiger partial charge in [0.15, 0.2) is 10.8 Å². The predicted molar refractivity (Wildman–Crippen MR) is 61.7 cm³/mol. The minimum Gasteiger partial charge on any atom is -0.462 e. The van der Waals surface area contributed by atoms with E-state index in [1.807, 2.05) is 30.3 Å². The zero-order valence-electron chi connectivity index (χ0n) is 7.81. The summed E-state index contributed by atoms with van der Waals surface area (Å²) in [4.78, 5) is 4.46. The van der Waals surface area contributed by atoms with Crippen molar-refractivity contribution in [1.82, 2.24) is 4.98 Å². The molecule has 3 aromatic rings. The van der Waals surface area contributed by atoms with E-state index in [9.17, 15) is 0 Å². The largest absolute Gasteiger partial charge is 0.462 e. The number of anilines is 1. The smallest absolute Gasteiger partial charge is 0.162 e. The van der Waals surface area contributed by atoms with Crippen LogP contribution < -0.4 is 5.73 Å². The van der Waals surface area contributed by atoms with Crippen LogP contribution in [0.1, 0.15) is 0 Å². The van der Waals surface area contributed by atoms with Crippen molar-refractivity contribution in [2.45, 2.75) is 0 Å². The lowest BCUT2D eigenvalue weighted by Crippen LogP contribution is -1.82. The van der Waals surface area contributed by atoms with Crippen molar-refractivity contribution in [2.75, 3.05) is 5.73 Å². The summed E-state index contributed by atoms with van der Waals surface area (Å²) in [5.74, 6) is 0.788. The number of nitrogens with two attached hydrogens (primary N) is 1. The van der Waals surface area contributed by atoms with E-state index in [-0.39, 0.29) is 0 Å². The highest BCUT2D eigenvalue weighted by molar-refractivity contribution is 7.22. The molecule has 0 aliphatic rings. The van der Waals surface area contributed by atoms with Crippen molar-refractivity contribution < 1.29 is 4.42 Å². The summed E-state index contributed by atoms with van der Waals surface area (Å²) in [6.45, 7) is 0.